The van der Waals surface area contributed by atoms with E-state index in [1.165, 1.54) is 5.56 Å². The lowest BCUT2D eigenvalue weighted by Crippen LogP contribution is -2.19. The van der Waals surface area contributed by atoms with Crippen LogP contribution in [0.15, 0.2) is 41.2 Å². The molecule has 0 radical (unpaired) electrons. The summed E-state index contributed by atoms with van der Waals surface area (Å²) in [6.45, 7) is 4.17. The third-order valence-electron chi connectivity index (χ3n) is 6.03. The van der Waals surface area contributed by atoms with E-state index in [0.29, 0.717) is 23.5 Å². The first-order chi connectivity index (χ1) is 15.9. The lowest BCUT2D eigenvalue weighted by atomic mass is 9.96. The van der Waals surface area contributed by atoms with Gasteiger partial charge in [0.2, 0.25) is 0 Å². The Morgan fingerprint density at radius 2 is 1.68 bits per heavy atom. The summed E-state index contributed by atoms with van der Waals surface area (Å²) in [6.07, 6.45) is 2.16. The Morgan fingerprint density at radius 3 is 2.29 bits per heavy atom. The van der Waals surface area contributed by atoms with Crippen LogP contribution in [0.3, 0.4) is 0 Å². The molecule has 2 aromatic carbocycles. The largest absolute Gasteiger partial charge is 0.493 e. The monoisotopic (exact) mass is 461 g/mol. The first-order valence-electron chi connectivity index (χ1n) is 11.2. The Hall–Kier alpha value is -3.54. The van der Waals surface area contributed by atoms with Crippen molar-refractivity contribution in [2.45, 2.75) is 40.5 Å². The molecule has 34 heavy (non-hydrogen) atoms. The highest BCUT2D eigenvalue weighted by molar-refractivity contribution is 5.91. The summed E-state index contributed by atoms with van der Waals surface area (Å²) >= 11 is 0. The second kappa shape index (κ2) is 10.2. The number of hydrogen-bond donors (Lipinski definition) is 1. The molecule has 4 aromatic rings. The van der Waals surface area contributed by atoms with Crippen LogP contribution in [0.4, 0.5) is 5.82 Å². The maximum atomic E-state index is 13.3. The van der Waals surface area contributed by atoms with Crippen LogP contribution in [0.25, 0.3) is 21.7 Å². The molecule has 0 spiro atoms. The average molecular weight is 462 g/mol. The molecule has 2 aromatic heterocycles. The van der Waals surface area contributed by atoms with Crippen molar-refractivity contribution in [1.29, 1.82) is 0 Å². The zero-order chi connectivity index (χ0) is 23.7. The van der Waals surface area contributed by atoms with Gasteiger partial charge in [-0.3, -0.25) is 4.79 Å². The highest BCUT2D eigenvalue weighted by Crippen LogP contribution is 2.35. The maximum absolute atomic E-state index is 13.3. The number of benzene rings is 2. The number of H-pyrrole nitrogens is 1. The Labute approximate surface area is 201 Å². The molecule has 6 heteroatoms. The van der Waals surface area contributed by atoms with Crippen molar-refractivity contribution in [3.8, 4) is 11.5 Å². The fraction of sp³-hybridized carbons (Fsp3) is 0.357. The number of pyridine rings is 2. The molecule has 4 rings (SSSR count). The van der Waals surface area contributed by atoms with Crippen molar-refractivity contribution in [2.24, 2.45) is 0 Å². The molecule has 0 bridgehead atoms. The number of aromatic amines is 1. The quantitative estimate of drug-likeness (QED) is 0.385. The van der Waals surface area contributed by atoms with Gasteiger partial charge in [-0.05, 0) is 54.6 Å². The molecule has 0 aliphatic rings. The number of hydrogen-bond acceptors (Lipinski definition) is 5. The van der Waals surface area contributed by atoms with Crippen molar-refractivity contribution in [3.05, 3.63) is 69.1 Å². The molecule has 0 saturated heterocycles. The van der Waals surface area contributed by atoms with Gasteiger partial charge >= 0.3 is 0 Å². The molecule has 0 atom stereocenters. The highest BCUT2D eigenvalue weighted by atomic mass is 16.5. The van der Waals surface area contributed by atoms with Crippen LogP contribution in [-0.2, 0) is 12.8 Å². The molecule has 2 heterocycles. The van der Waals surface area contributed by atoms with E-state index in [4.69, 9.17) is 14.5 Å². The average Bonchev–Trinajstić information content (AvgIpc) is 2.80. The number of methoxy groups -OCH3 is 2. The van der Waals surface area contributed by atoms with Crippen LogP contribution in [0.1, 0.15) is 43.2 Å². The first-order valence-corrected chi connectivity index (χ1v) is 11.2. The molecule has 180 valence electrons. The van der Waals surface area contributed by atoms with Gasteiger partial charge in [-0.1, -0.05) is 32.4 Å². The zero-order valence-electron chi connectivity index (χ0n) is 20.2. The van der Waals surface area contributed by atoms with Gasteiger partial charge < -0.3 is 19.4 Å². The van der Waals surface area contributed by atoms with Crippen LogP contribution in [-0.4, -0.2) is 38.3 Å². The van der Waals surface area contributed by atoms with Gasteiger partial charge in [-0.2, -0.15) is 0 Å². The van der Waals surface area contributed by atoms with Crippen molar-refractivity contribution < 1.29 is 9.47 Å². The van der Waals surface area contributed by atoms with Gasteiger partial charge in [0.1, 0.15) is 5.82 Å². The normalized spacial score (nSPS) is 10.9. The van der Waals surface area contributed by atoms with E-state index < -0.39 is 0 Å². The van der Waals surface area contributed by atoms with E-state index in [0.717, 1.165) is 51.6 Å². The number of fused-ring (bicyclic) bond motifs is 2. The van der Waals surface area contributed by atoms with Crippen LogP contribution >= 0.6 is 0 Å². The first kappa shape index (κ1) is 25.1. The number of ether oxygens (including phenoxy) is 2. The predicted molar refractivity (Wildman–Crippen MR) is 142 cm³/mol. The Bertz CT molecular complexity index is 1390. The van der Waals surface area contributed by atoms with Crippen molar-refractivity contribution in [3.63, 3.8) is 0 Å². The van der Waals surface area contributed by atoms with Gasteiger partial charge in [0, 0.05) is 42.5 Å². The Kier molecular flexibility index (Phi) is 7.50. The van der Waals surface area contributed by atoms with E-state index in [1.807, 2.05) is 37.2 Å². The molecule has 0 aliphatic carbocycles. The van der Waals surface area contributed by atoms with Gasteiger partial charge in [0.25, 0.3) is 5.56 Å². The lowest BCUT2D eigenvalue weighted by Gasteiger charge is -2.19. The van der Waals surface area contributed by atoms with E-state index in [2.05, 4.69) is 37.0 Å². The second-order valence-electron chi connectivity index (χ2n) is 8.65. The predicted octanol–water partition coefficient (Wildman–Crippen LogP) is 5.65. The summed E-state index contributed by atoms with van der Waals surface area (Å²) in [5.41, 5.74) is 4.66. The van der Waals surface area contributed by atoms with Gasteiger partial charge in [0.05, 0.1) is 19.7 Å². The summed E-state index contributed by atoms with van der Waals surface area (Å²) in [4.78, 5) is 23.4. The Morgan fingerprint density at radius 1 is 1.00 bits per heavy atom. The third kappa shape index (κ3) is 4.58. The fourth-order valence-corrected chi connectivity index (χ4v) is 4.44. The van der Waals surface area contributed by atoms with E-state index in [1.54, 1.807) is 14.2 Å². The van der Waals surface area contributed by atoms with Crippen LogP contribution < -0.4 is 19.9 Å². The van der Waals surface area contributed by atoms with Crippen LogP contribution in [0.2, 0.25) is 0 Å². The Balaban J connectivity index is 0.00000324. The minimum Gasteiger partial charge on any atom is -0.493 e. The molecule has 0 aliphatic heterocycles. The van der Waals surface area contributed by atoms with Crippen molar-refractivity contribution >= 4 is 27.5 Å². The third-order valence-corrected chi connectivity index (χ3v) is 6.03. The number of nitrogens with zero attached hydrogens (tertiary/aromatic N) is 2. The summed E-state index contributed by atoms with van der Waals surface area (Å²) < 4.78 is 11.1. The minimum atomic E-state index is -0.0767. The van der Waals surface area contributed by atoms with Gasteiger partial charge in [0.15, 0.2) is 11.5 Å². The number of nitrogens with one attached hydrogen (secondary N) is 1. The molecular formula is C28H35N3O3. The summed E-state index contributed by atoms with van der Waals surface area (Å²) in [6, 6.07) is 12.3. The number of rotatable bonds is 7. The number of aryl methyl sites for hydroxylation is 2. The smallest absolute Gasteiger partial charge is 0.252 e. The van der Waals surface area contributed by atoms with E-state index >= 15 is 0 Å². The van der Waals surface area contributed by atoms with E-state index in [9.17, 15) is 4.79 Å². The summed E-state index contributed by atoms with van der Waals surface area (Å²) in [5, 5.41) is 2.94. The van der Waals surface area contributed by atoms with Crippen molar-refractivity contribution in [1.82, 2.24) is 9.97 Å². The number of anilines is 1. The summed E-state index contributed by atoms with van der Waals surface area (Å²) in [7, 11) is 7.20. The molecule has 0 saturated carbocycles. The number of aromatic nitrogens is 2. The molecule has 6 nitrogen and oxygen atoms in total. The van der Waals surface area contributed by atoms with Crippen LogP contribution in [0, 0.1) is 6.92 Å². The SMILES string of the molecule is C.CCCc1[nH]c(=O)c(Cc2cc3cc(C)ccc3nc2N(C)C)c2cc(OC)c(OC)cc12. The molecule has 1 N–H and O–H groups in total. The van der Waals surface area contributed by atoms with Crippen molar-refractivity contribution in [2.75, 3.05) is 33.2 Å². The van der Waals surface area contributed by atoms with E-state index in [-0.39, 0.29) is 13.0 Å². The standard InChI is InChI=1S/C27H31N3O3.CH4/c1-7-8-23-20-15-25(33-6)24(32-5)14-19(20)21(27(31)29-23)13-18-12-17-11-16(2)9-10-22(17)28-26(18)30(3)4;/h9-12,14-15H,7-8,13H2,1-6H3,(H,29,31);1H4. The van der Waals surface area contributed by atoms with Gasteiger partial charge in [-0.15, -0.1) is 0 Å². The lowest BCUT2D eigenvalue weighted by molar-refractivity contribution is 0.356. The molecule has 0 unspecified atom stereocenters. The topological polar surface area (TPSA) is 67.5 Å². The maximum Gasteiger partial charge on any atom is 0.252 e. The summed E-state index contributed by atoms with van der Waals surface area (Å²) in [5.74, 6) is 2.12. The zero-order valence-corrected chi connectivity index (χ0v) is 20.2. The molecule has 0 fully saturated rings. The molecule has 0 amide bonds. The highest BCUT2D eigenvalue weighted by Gasteiger charge is 2.18. The molecular weight excluding hydrogens is 426 g/mol. The minimum absolute atomic E-state index is 0. The van der Waals surface area contributed by atoms with Crippen LogP contribution in [0.5, 0.6) is 11.5 Å². The fourth-order valence-electron chi connectivity index (χ4n) is 4.44. The van der Waals surface area contributed by atoms with Gasteiger partial charge in [-0.25, -0.2) is 4.98 Å². The second-order valence-corrected chi connectivity index (χ2v) is 8.65.